The monoisotopic (exact) mass is 396 g/mol. The number of hydrogen-bond acceptors (Lipinski definition) is 5. The van der Waals surface area contributed by atoms with Gasteiger partial charge in [-0.3, -0.25) is 19.0 Å². The van der Waals surface area contributed by atoms with Gasteiger partial charge >= 0.3 is 0 Å². The number of rotatable bonds is 9. The highest BCUT2D eigenvalue weighted by Gasteiger charge is 2.08. The van der Waals surface area contributed by atoms with Crippen molar-refractivity contribution < 1.29 is 14.3 Å². The van der Waals surface area contributed by atoms with Crippen LogP contribution in [-0.2, 0) is 22.7 Å². The van der Waals surface area contributed by atoms with Gasteiger partial charge in [0.1, 0.15) is 12.3 Å². The Hall–Kier alpha value is -3.62. The maximum Gasteiger partial charge on any atom is 0.262 e. The van der Waals surface area contributed by atoms with E-state index in [2.05, 4.69) is 20.8 Å². The van der Waals surface area contributed by atoms with Crippen molar-refractivity contribution in [2.24, 2.45) is 0 Å². The summed E-state index contributed by atoms with van der Waals surface area (Å²) in [4.78, 5) is 24.0. The number of nitrogens with one attached hydrogen (secondary N) is 2. The first-order chi connectivity index (χ1) is 14.0. The molecule has 0 spiro atoms. The fourth-order valence-corrected chi connectivity index (χ4v) is 2.78. The van der Waals surface area contributed by atoms with Crippen LogP contribution in [-0.4, -0.2) is 44.5 Å². The molecule has 9 nitrogen and oxygen atoms in total. The van der Waals surface area contributed by atoms with Gasteiger partial charge in [0.05, 0.1) is 24.1 Å². The van der Waals surface area contributed by atoms with Crippen molar-refractivity contribution in [1.29, 1.82) is 0 Å². The van der Waals surface area contributed by atoms with E-state index >= 15 is 0 Å². The normalized spacial score (nSPS) is 10.6. The minimum absolute atomic E-state index is 0.0630. The van der Waals surface area contributed by atoms with Crippen molar-refractivity contribution in [1.82, 2.24) is 24.9 Å². The van der Waals surface area contributed by atoms with Crippen molar-refractivity contribution in [2.75, 3.05) is 18.5 Å². The number of ether oxygens (including phenoxy) is 1. The highest BCUT2D eigenvalue weighted by atomic mass is 16.5. The summed E-state index contributed by atoms with van der Waals surface area (Å²) in [5.41, 5.74) is 2.51. The smallest absolute Gasteiger partial charge is 0.262 e. The van der Waals surface area contributed by atoms with Crippen LogP contribution in [0.3, 0.4) is 0 Å². The molecule has 2 amide bonds. The summed E-state index contributed by atoms with van der Waals surface area (Å²) in [5, 5.41) is 14.0. The number of nitrogens with zero attached hydrogens (tertiary/aromatic N) is 4. The van der Waals surface area contributed by atoms with Gasteiger partial charge in [0, 0.05) is 18.4 Å². The molecular formula is C20H24N6O3. The lowest BCUT2D eigenvalue weighted by Gasteiger charge is -2.07. The first-order valence-electron chi connectivity index (χ1n) is 9.27. The predicted molar refractivity (Wildman–Crippen MR) is 108 cm³/mol. The number of aryl methyl sites for hydroxylation is 2. The number of carbonyl (C=O) groups is 2. The number of para-hydroxylation sites is 1. The first kappa shape index (κ1) is 20.1. The Kier molecular flexibility index (Phi) is 6.62. The third-order valence-corrected chi connectivity index (χ3v) is 4.08. The summed E-state index contributed by atoms with van der Waals surface area (Å²) in [7, 11) is 0. The summed E-state index contributed by atoms with van der Waals surface area (Å²) < 4.78 is 8.71. The molecule has 1 aromatic carbocycles. The summed E-state index contributed by atoms with van der Waals surface area (Å²) in [6.07, 6.45) is 3.09. The van der Waals surface area contributed by atoms with Gasteiger partial charge in [0.2, 0.25) is 5.91 Å². The van der Waals surface area contributed by atoms with Gasteiger partial charge in [-0.25, -0.2) is 0 Å². The number of anilines is 1. The second kappa shape index (κ2) is 9.54. The van der Waals surface area contributed by atoms with Gasteiger partial charge in [-0.2, -0.15) is 10.2 Å². The molecule has 3 rings (SSSR count). The highest BCUT2D eigenvalue weighted by molar-refractivity contribution is 5.91. The van der Waals surface area contributed by atoms with Gasteiger partial charge in [0.15, 0.2) is 6.61 Å². The molecule has 2 aromatic heterocycles. The molecule has 0 saturated heterocycles. The minimum Gasteiger partial charge on any atom is -0.484 e. The maximum atomic E-state index is 12.1. The predicted octanol–water partition coefficient (Wildman–Crippen LogP) is 1.53. The fourth-order valence-electron chi connectivity index (χ4n) is 2.78. The number of carbonyl (C=O) groups excluding carboxylic acids is 2. The SMILES string of the molecule is Cc1cc(C)n(CCNC(=O)Cn2cc(NC(=O)COc3ccccc3)cn2)n1. The van der Waals surface area contributed by atoms with Crippen LogP contribution in [0.4, 0.5) is 5.69 Å². The molecule has 0 fully saturated rings. The molecule has 2 heterocycles. The van der Waals surface area contributed by atoms with Gasteiger partial charge in [0.25, 0.3) is 5.91 Å². The molecule has 0 aliphatic rings. The molecule has 29 heavy (non-hydrogen) atoms. The van der Waals surface area contributed by atoms with E-state index in [9.17, 15) is 9.59 Å². The van der Waals surface area contributed by atoms with Crippen LogP contribution < -0.4 is 15.4 Å². The molecule has 2 N–H and O–H groups in total. The van der Waals surface area contributed by atoms with Crippen LogP contribution in [0.5, 0.6) is 5.75 Å². The number of benzene rings is 1. The van der Waals surface area contributed by atoms with Gasteiger partial charge in [-0.15, -0.1) is 0 Å². The quantitative estimate of drug-likeness (QED) is 0.571. The maximum absolute atomic E-state index is 12.1. The van der Waals surface area contributed by atoms with Gasteiger partial charge < -0.3 is 15.4 Å². The van der Waals surface area contributed by atoms with E-state index < -0.39 is 0 Å². The van der Waals surface area contributed by atoms with Crippen LogP contribution in [0.25, 0.3) is 0 Å². The Morgan fingerprint density at radius 3 is 2.66 bits per heavy atom. The van der Waals surface area contributed by atoms with E-state index in [-0.39, 0.29) is 25.0 Å². The lowest BCUT2D eigenvalue weighted by atomic mass is 10.3. The lowest BCUT2D eigenvalue weighted by Crippen LogP contribution is -2.31. The van der Waals surface area contributed by atoms with Gasteiger partial charge in [-0.1, -0.05) is 18.2 Å². The molecule has 0 unspecified atom stereocenters. The zero-order chi connectivity index (χ0) is 20.6. The average Bonchev–Trinajstić information content (AvgIpc) is 3.26. The van der Waals surface area contributed by atoms with Crippen molar-refractivity contribution >= 4 is 17.5 Å². The van der Waals surface area contributed by atoms with Crippen LogP contribution in [0, 0.1) is 13.8 Å². The molecule has 3 aromatic rings. The Balaban J connectivity index is 1.39. The Morgan fingerprint density at radius 2 is 1.93 bits per heavy atom. The van der Waals surface area contributed by atoms with Crippen molar-refractivity contribution in [3.05, 3.63) is 60.2 Å². The van der Waals surface area contributed by atoms with E-state index in [4.69, 9.17) is 4.74 Å². The van der Waals surface area contributed by atoms with Crippen LogP contribution in [0.15, 0.2) is 48.8 Å². The Bertz CT molecular complexity index is 964. The highest BCUT2D eigenvalue weighted by Crippen LogP contribution is 2.09. The van der Waals surface area contributed by atoms with E-state index in [0.29, 0.717) is 24.5 Å². The van der Waals surface area contributed by atoms with Gasteiger partial charge in [-0.05, 0) is 32.0 Å². The minimum atomic E-state index is -0.303. The third kappa shape index (κ3) is 6.20. The second-order valence-electron chi connectivity index (χ2n) is 6.58. The van der Waals surface area contributed by atoms with E-state index in [0.717, 1.165) is 11.4 Å². The molecule has 0 bridgehead atoms. The Morgan fingerprint density at radius 1 is 1.14 bits per heavy atom. The molecule has 0 aliphatic heterocycles. The topological polar surface area (TPSA) is 103 Å². The molecular weight excluding hydrogens is 372 g/mol. The Labute approximate surface area is 168 Å². The standard InChI is InChI=1S/C20H24N6O3/c1-15-10-16(2)26(24-15)9-8-21-19(27)13-25-12-17(11-22-25)23-20(28)14-29-18-6-4-3-5-7-18/h3-7,10-12H,8-9,13-14H2,1-2H3,(H,21,27)(H,23,28). The molecule has 9 heteroatoms. The third-order valence-electron chi connectivity index (χ3n) is 4.08. The lowest BCUT2D eigenvalue weighted by molar-refractivity contribution is -0.122. The first-order valence-corrected chi connectivity index (χ1v) is 9.27. The van der Waals surface area contributed by atoms with Crippen LogP contribution >= 0.6 is 0 Å². The zero-order valence-corrected chi connectivity index (χ0v) is 16.5. The second-order valence-corrected chi connectivity index (χ2v) is 6.58. The number of hydrogen-bond donors (Lipinski definition) is 2. The van der Waals surface area contributed by atoms with Crippen molar-refractivity contribution in [2.45, 2.75) is 26.9 Å². The zero-order valence-electron chi connectivity index (χ0n) is 16.5. The largest absolute Gasteiger partial charge is 0.484 e. The van der Waals surface area contributed by atoms with Crippen molar-refractivity contribution in [3.63, 3.8) is 0 Å². The molecule has 0 radical (unpaired) electrons. The van der Waals surface area contributed by atoms with Crippen molar-refractivity contribution in [3.8, 4) is 5.75 Å². The summed E-state index contributed by atoms with van der Waals surface area (Å²) in [5.74, 6) is 0.151. The van der Waals surface area contributed by atoms with E-state index in [1.165, 1.54) is 10.9 Å². The van der Waals surface area contributed by atoms with Crippen LogP contribution in [0.2, 0.25) is 0 Å². The summed E-state index contributed by atoms with van der Waals surface area (Å²) in [6.45, 7) is 4.95. The van der Waals surface area contributed by atoms with E-state index in [1.54, 1.807) is 18.3 Å². The molecule has 0 atom stereocenters. The average molecular weight is 396 g/mol. The summed E-state index contributed by atoms with van der Waals surface area (Å²) >= 11 is 0. The molecule has 152 valence electrons. The fraction of sp³-hybridized carbons (Fsp3) is 0.300. The molecule has 0 saturated carbocycles. The molecule has 0 aliphatic carbocycles. The number of aromatic nitrogens is 4. The summed E-state index contributed by atoms with van der Waals surface area (Å²) in [6, 6.07) is 11.1. The van der Waals surface area contributed by atoms with Crippen LogP contribution in [0.1, 0.15) is 11.4 Å². The van der Waals surface area contributed by atoms with E-state index in [1.807, 2.05) is 42.8 Å². The number of amides is 2.